The van der Waals surface area contributed by atoms with Crippen molar-refractivity contribution in [2.24, 2.45) is 5.92 Å². The summed E-state index contributed by atoms with van der Waals surface area (Å²) in [6.07, 6.45) is 4.44. The molecule has 1 aliphatic heterocycles. The van der Waals surface area contributed by atoms with Crippen molar-refractivity contribution in [1.82, 2.24) is 4.90 Å². The normalized spacial score (nSPS) is 19.7. The van der Waals surface area contributed by atoms with E-state index in [2.05, 4.69) is 6.07 Å². The van der Waals surface area contributed by atoms with Crippen LogP contribution in [-0.4, -0.2) is 50.5 Å². The van der Waals surface area contributed by atoms with E-state index in [4.69, 9.17) is 25.8 Å². The van der Waals surface area contributed by atoms with E-state index in [1.807, 2.05) is 43.9 Å². The molecular formula is C23H36ClNO4. The lowest BCUT2D eigenvalue weighted by molar-refractivity contribution is -0.0938. The minimum atomic E-state index is -0.504. The van der Waals surface area contributed by atoms with Crippen LogP contribution in [0.5, 0.6) is 0 Å². The van der Waals surface area contributed by atoms with Gasteiger partial charge in [0.2, 0.25) is 0 Å². The number of methoxy groups -OCH3 is 2. The van der Waals surface area contributed by atoms with Crippen molar-refractivity contribution in [3.63, 3.8) is 0 Å². The lowest BCUT2D eigenvalue weighted by atomic mass is 9.74. The van der Waals surface area contributed by atoms with E-state index in [0.717, 1.165) is 44.3 Å². The molecule has 1 heterocycles. The maximum Gasteiger partial charge on any atom is 0.410 e. The summed E-state index contributed by atoms with van der Waals surface area (Å²) in [5.74, 6) is 0.162. The molecule has 1 aliphatic rings. The number of rotatable bonds is 8. The van der Waals surface area contributed by atoms with Crippen molar-refractivity contribution < 1.29 is 19.0 Å². The van der Waals surface area contributed by atoms with Crippen LogP contribution in [-0.2, 0) is 19.8 Å². The van der Waals surface area contributed by atoms with E-state index in [1.54, 1.807) is 14.2 Å². The molecule has 0 aromatic heterocycles. The molecule has 0 saturated carbocycles. The number of piperidine rings is 1. The number of ether oxygens (including phenoxy) is 3. The molecule has 0 N–H and O–H groups in total. The van der Waals surface area contributed by atoms with Gasteiger partial charge in [-0.3, -0.25) is 0 Å². The lowest BCUT2D eigenvalue weighted by Crippen LogP contribution is -2.50. The molecule has 1 aromatic carbocycles. The highest BCUT2D eigenvalue weighted by atomic mass is 35.5. The first kappa shape index (κ1) is 24.0. The Bertz CT molecular complexity index is 661. The minimum absolute atomic E-state index is 0.162. The zero-order valence-corrected chi connectivity index (χ0v) is 19.3. The fraction of sp³-hybridized carbons (Fsp3) is 0.696. The molecule has 0 radical (unpaired) electrons. The van der Waals surface area contributed by atoms with Gasteiger partial charge in [-0.05, 0) is 70.6 Å². The minimum Gasteiger partial charge on any atom is -0.444 e. The van der Waals surface area contributed by atoms with E-state index in [9.17, 15) is 4.79 Å². The highest BCUT2D eigenvalue weighted by Gasteiger charge is 2.43. The highest BCUT2D eigenvalue weighted by molar-refractivity contribution is 6.30. The smallest absolute Gasteiger partial charge is 0.410 e. The Morgan fingerprint density at radius 3 is 2.62 bits per heavy atom. The first-order valence-corrected chi connectivity index (χ1v) is 10.9. The van der Waals surface area contributed by atoms with Gasteiger partial charge in [0.1, 0.15) is 5.60 Å². The molecule has 0 bridgehead atoms. The average molecular weight is 426 g/mol. The van der Waals surface area contributed by atoms with Gasteiger partial charge >= 0.3 is 6.09 Å². The standard InChI is InChI=1S/C23H36ClNO4/c1-22(2,3)29-21(26)25-14-9-11-19(17-25)23(28-5,13-6-7-15-27-4)18-10-8-12-20(24)16-18/h8,10,12,16,19H,6-7,9,11,13-15,17H2,1-5H3. The Labute approximate surface area is 180 Å². The van der Waals surface area contributed by atoms with Gasteiger partial charge in [0.15, 0.2) is 0 Å². The van der Waals surface area contributed by atoms with E-state index in [1.165, 1.54) is 0 Å². The molecule has 0 spiro atoms. The number of carbonyl (C=O) groups excluding carboxylic acids is 1. The van der Waals surface area contributed by atoms with E-state index < -0.39 is 11.2 Å². The van der Waals surface area contributed by atoms with Gasteiger partial charge in [0, 0.05) is 44.9 Å². The summed E-state index contributed by atoms with van der Waals surface area (Å²) in [6.45, 7) is 7.74. The average Bonchev–Trinajstić information content (AvgIpc) is 2.67. The van der Waals surface area contributed by atoms with Crippen LogP contribution in [0, 0.1) is 5.92 Å². The third-order valence-electron chi connectivity index (χ3n) is 5.56. The van der Waals surface area contributed by atoms with Crippen LogP contribution in [0.4, 0.5) is 4.79 Å². The van der Waals surface area contributed by atoms with Crippen LogP contribution in [0.1, 0.15) is 58.4 Å². The van der Waals surface area contributed by atoms with Crippen molar-refractivity contribution in [2.75, 3.05) is 33.9 Å². The molecule has 164 valence electrons. The summed E-state index contributed by atoms with van der Waals surface area (Å²) in [4.78, 5) is 14.5. The van der Waals surface area contributed by atoms with Crippen molar-refractivity contribution in [1.29, 1.82) is 0 Å². The number of nitrogens with zero attached hydrogens (tertiary/aromatic N) is 1. The van der Waals surface area contributed by atoms with Gasteiger partial charge in [-0.2, -0.15) is 0 Å². The molecule has 1 fully saturated rings. The van der Waals surface area contributed by atoms with E-state index >= 15 is 0 Å². The first-order chi connectivity index (χ1) is 13.7. The number of likely N-dealkylation sites (tertiary alicyclic amines) is 1. The van der Waals surface area contributed by atoms with Crippen LogP contribution in [0.25, 0.3) is 0 Å². The van der Waals surface area contributed by atoms with Gasteiger partial charge < -0.3 is 19.1 Å². The summed E-state index contributed by atoms with van der Waals surface area (Å²) in [7, 11) is 3.49. The largest absolute Gasteiger partial charge is 0.444 e. The van der Waals surface area contributed by atoms with Gasteiger partial charge in [0.05, 0.1) is 5.60 Å². The van der Waals surface area contributed by atoms with E-state index in [0.29, 0.717) is 18.1 Å². The van der Waals surface area contributed by atoms with E-state index in [-0.39, 0.29) is 12.0 Å². The fourth-order valence-corrected chi connectivity index (χ4v) is 4.40. The predicted octanol–water partition coefficient (Wildman–Crippen LogP) is 5.65. The highest BCUT2D eigenvalue weighted by Crippen LogP contribution is 2.43. The Balaban J connectivity index is 2.27. The monoisotopic (exact) mass is 425 g/mol. The summed E-state index contributed by atoms with van der Waals surface area (Å²) < 4.78 is 17.1. The maximum atomic E-state index is 12.7. The number of benzene rings is 1. The molecular weight excluding hydrogens is 390 g/mol. The Hall–Kier alpha value is -1.30. The third-order valence-corrected chi connectivity index (χ3v) is 5.79. The Morgan fingerprint density at radius 2 is 2.00 bits per heavy atom. The van der Waals surface area contributed by atoms with Crippen LogP contribution in [0.3, 0.4) is 0 Å². The van der Waals surface area contributed by atoms with Crippen LogP contribution in [0.2, 0.25) is 5.02 Å². The lowest BCUT2D eigenvalue weighted by Gasteiger charge is -2.45. The summed E-state index contributed by atoms with van der Waals surface area (Å²) >= 11 is 6.32. The summed E-state index contributed by atoms with van der Waals surface area (Å²) in [5, 5.41) is 0.695. The van der Waals surface area contributed by atoms with Gasteiger partial charge in [-0.1, -0.05) is 23.7 Å². The molecule has 2 unspecified atom stereocenters. The summed E-state index contributed by atoms with van der Waals surface area (Å²) in [5.41, 5.74) is 0.0652. The number of carbonyl (C=O) groups is 1. The number of hydrogen-bond donors (Lipinski definition) is 0. The van der Waals surface area contributed by atoms with Crippen molar-refractivity contribution >= 4 is 17.7 Å². The Kier molecular flexibility index (Phi) is 8.80. The molecule has 0 aliphatic carbocycles. The number of halogens is 1. The fourth-order valence-electron chi connectivity index (χ4n) is 4.21. The SMILES string of the molecule is COCCCCC(OC)(c1cccc(Cl)c1)C1CCCN(C(=O)OC(C)(C)C)C1. The predicted molar refractivity (Wildman–Crippen MR) is 116 cm³/mol. The quantitative estimate of drug-likeness (QED) is 0.505. The van der Waals surface area contributed by atoms with Crippen molar-refractivity contribution in [2.45, 2.75) is 64.1 Å². The van der Waals surface area contributed by atoms with Crippen molar-refractivity contribution in [3.8, 4) is 0 Å². The Morgan fingerprint density at radius 1 is 1.24 bits per heavy atom. The zero-order chi connectivity index (χ0) is 21.5. The second-order valence-electron chi connectivity index (χ2n) is 8.82. The summed E-state index contributed by atoms with van der Waals surface area (Å²) in [6, 6.07) is 7.92. The topological polar surface area (TPSA) is 48.0 Å². The number of hydrogen-bond acceptors (Lipinski definition) is 4. The third kappa shape index (κ3) is 6.59. The molecule has 1 saturated heterocycles. The molecule has 2 atom stereocenters. The van der Waals surface area contributed by atoms with Gasteiger partial charge in [-0.15, -0.1) is 0 Å². The van der Waals surface area contributed by atoms with Crippen LogP contribution in [0.15, 0.2) is 24.3 Å². The zero-order valence-electron chi connectivity index (χ0n) is 18.5. The van der Waals surface area contributed by atoms with Gasteiger partial charge in [-0.25, -0.2) is 4.79 Å². The molecule has 5 nitrogen and oxygen atoms in total. The molecule has 1 amide bonds. The maximum absolute atomic E-state index is 12.7. The number of unbranched alkanes of at least 4 members (excludes halogenated alkanes) is 1. The van der Waals surface area contributed by atoms with Crippen LogP contribution >= 0.6 is 11.6 Å². The second kappa shape index (κ2) is 10.6. The van der Waals surface area contributed by atoms with Gasteiger partial charge in [0.25, 0.3) is 0 Å². The van der Waals surface area contributed by atoms with Crippen LogP contribution < -0.4 is 0 Å². The second-order valence-corrected chi connectivity index (χ2v) is 9.26. The molecule has 2 rings (SSSR count). The molecule has 1 aromatic rings. The first-order valence-electron chi connectivity index (χ1n) is 10.5. The molecule has 29 heavy (non-hydrogen) atoms. The molecule has 6 heteroatoms. The van der Waals surface area contributed by atoms with Crippen molar-refractivity contribution in [3.05, 3.63) is 34.9 Å². The number of amides is 1.